The van der Waals surface area contributed by atoms with E-state index in [4.69, 9.17) is 4.74 Å². The summed E-state index contributed by atoms with van der Waals surface area (Å²) in [7, 11) is 1.53. The molecule has 2 aromatic carbocycles. The maximum atomic E-state index is 12.5. The number of ether oxygens (including phenoxy) is 1. The number of methoxy groups -OCH3 is 1. The first-order valence-corrected chi connectivity index (χ1v) is 8.66. The summed E-state index contributed by atoms with van der Waals surface area (Å²) in [5.74, 6) is 0.532. The van der Waals surface area contributed by atoms with E-state index in [2.05, 4.69) is 10.6 Å². The molecule has 0 fully saturated rings. The molecule has 0 atom stereocenters. The number of hydrogen-bond donors (Lipinski definition) is 2. The lowest BCUT2D eigenvalue weighted by molar-refractivity contribution is -0.116. The van der Waals surface area contributed by atoms with Crippen LogP contribution in [0.25, 0.3) is 0 Å². The van der Waals surface area contributed by atoms with Gasteiger partial charge in [0.25, 0.3) is 5.91 Å². The van der Waals surface area contributed by atoms with Crippen molar-refractivity contribution in [3.05, 3.63) is 53.1 Å². The monoisotopic (exact) mass is 354 g/mol. The zero-order valence-electron chi connectivity index (χ0n) is 16.0. The van der Waals surface area contributed by atoms with Crippen LogP contribution in [0, 0.1) is 19.8 Å². The standard InChI is InChI=1S/C21H26N2O3/c1-13(2)10-20(24)23-18-9-7-16(12-19(18)26-5)22-21(25)17-8-6-14(3)11-15(17)4/h6-9,11-13H,10H2,1-5H3,(H,22,25)(H,23,24). The molecule has 0 unspecified atom stereocenters. The van der Waals surface area contributed by atoms with Crippen LogP contribution in [0.5, 0.6) is 5.75 Å². The zero-order chi connectivity index (χ0) is 19.3. The number of carbonyl (C=O) groups excluding carboxylic acids is 2. The van der Waals surface area contributed by atoms with Crippen LogP contribution >= 0.6 is 0 Å². The molecule has 5 nitrogen and oxygen atoms in total. The van der Waals surface area contributed by atoms with Crippen molar-refractivity contribution in [3.63, 3.8) is 0 Å². The van der Waals surface area contributed by atoms with E-state index in [1.165, 1.54) is 7.11 Å². The molecule has 0 bridgehead atoms. The van der Waals surface area contributed by atoms with Gasteiger partial charge in [0.15, 0.2) is 0 Å². The lowest BCUT2D eigenvalue weighted by Gasteiger charge is -2.14. The third-order valence-electron chi connectivity index (χ3n) is 3.95. The topological polar surface area (TPSA) is 67.4 Å². The average molecular weight is 354 g/mol. The van der Waals surface area contributed by atoms with Crippen molar-refractivity contribution in [3.8, 4) is 5.75 Å². The Hall–Kier alpha value is -2.82. The van der Waals surface area contributed by atoms with Crippen LogP contribution in [0.2, 0.25) is 0 Å². The number of rotatable bonds is 6. The van der Waals surface area contributed by atoms with Gasteiger partial charge in [0.05, 0.1) is 12.8 Å². The van der Waals surface area contributed by atoms with Crippen LogP contribution in [0.4, 0.5) is 11.4 Å². The quantitative estimate of drug-likeness (QED) is 0.800. The van der Waals surface area contributed by atoms with Crippen molar-refractivity contribution < 1.29 is 14.3 Å². The molecule has 2 N–H and O–H groups in total. The molecule has 138 valence electrons. The lowest BCUT2D eigenvalue weighted by Crippen LogP contribution is -2.15. The van der Waals surface area contributed by atoms with Gasteiger partial charge >= 0.3 is 0 Å². The van der Waals surface area contributed by atoms with Crippen molar-refractivity contribution in [1.29, 1.82) is 0 Å². The molecule has 0 aliphatic rings. The van der Waals surface area contributed by atoms with Gasteiger partial charge in [-0.1, -0.05) is 31.5 Å². The van der Waals surface area contributed by atoms with E-state index in [-0.39, 0.29) is 17.7 Å². The molecule has 0 aromatic heterocycles. The molecular formula is C21H26N2O3. The highest BCUT2D eigenvalue weighted by atomic mass is 16.5. The summed E-state index contributed by atoms with van der Waals surface area (Å²) in [4.78, 5) is 24.5. The first-order valence-electron chi connectivity index (χ1n) is 8.66. The van der Waals surface area contributed by atoms with E-state index < -0.39 is 0 Å². The van der Waals surface area contributed by atoms with Gasteiger partial charge in [-0.05, 0) is 43.5 Å². The van der Waals surface area contributed by atoms with Gasteiger partial charge in [-0.3, -0.25) is 9.59 Å². The molecule has 5 heteroatoms. The van der Waals surface area contributed by atoms with Gasteiger partial charge in [0, 0.05) is 23.7 Å². The Morgan fingerprint density at radius 3 is 2.38 bits per heavy atom. The summed E-state index contributed by atoms with van der Waals surface area (Å²) in [5.41, 5.74) is 3.86. The van der Waals surface area contributed by atoms with Gasteiger partial charge in [0.2, 0.25) is 5.91 Å². The third kappa shape index (κ3) is 5.09. The van der Waals surface area contributed by atoms with E-state index >= 15 is 0 Å². The summed E-state index contributed by atoms with van der Waals surface area (Å²) in [6.07, 6.45) is 0.439. The second kappa shape index (κ2) is 8.52. The summed E-state index contributed by atoms with van der Waals surface area (Å²) >= 11 is 0. The van der Waals surface area contributed by atoms with Crippen LogP contribution in [-0.4, -0.2) is 18.9 Å². The van der Waals surface area contributed by atoms with E-state index in [1.54, 1.807) is 18.2 Å². The normalized spacial score (nSPS) is 10.5. The Bertz CT molecular complexity index is 813. The SMILES string of the molecule is COc1cc(NC(=O)c2ccc(C)cc2C)ccc1NC(=O)CC(C)C. The lowest BCUT2D eigenvalue weighted by atomic mass is 10.1. The van der Waals surface area contributed by atoms with Crippen molar-refractivity contribution in [2.75, 3.05) is 17.7 Å². The van der Waals surface area contributed by atoms with Gasteiger partial charge in [-0.25, -0.2) is 0 Å². The summed E-state index contributed by atoms with van der Waals surface area (Å²) in [6, 6.07) is 10.9. The summed E-state index contributed by atoms with van der Waals surface area (Å²) in [6.45, 7) is 7.88. The van der Waals surface area contributed by atoms with E-state index in [0.29, 0.717) is 29.1 Å². The van der Waals surface area contributed by atoms with Gasteiger partial charge < -0.3 is 15.4 Å². The number of aryl methyl sites for hydroxylation is 2. The van der Waals surface area contributed by atoms with Crippen LogP contribution in [0.15, 0.2) is 36.4 Å². The molecule has 0 aliphatic carbocycles. The van der Waals surface area contributed by atoms with E-state index in [9.17, 15) is 9.59 Å². The molecule has 0 heterocycles. The molecule has 2 amide bonds. The highest BCUT2D eigenvalue weighted by molar-refractivity contribution is 6.05. The number of benzene rings is 2. The fraction of sp³-hybridized carbons (Fsp3) is 0.333. The Labute approximate surface area is 154 Å². The Morgan fingerprint density at radius 2 is 1.77 bits per heavy atom. The van der Waals surface area contributed by atoms with Crippen LogP contribution < -0.4 is 15.4 Å². The van der Waals surface area contributed by atoms with Gasteiger partial charge in [-0.2, -0.15) is 0 Å². The fourth-order valence-corrected chi connectivity index (χ4v) is 2.71. The summed E-state index contributed by atoms with van der Waals surface area (Å²) in [5, 5.41) is 5.72. The zero-order valence-corrected chi connectivity index (χ0v) is 16.0. The maximum absolute atomic E-state index is 12.5. The van der Waals surface area contributed by atoms with E-state index in [1.807, 2.05) is 45.9 Å². The minimum atomic E-state index is -0.179. The largest absolute Gasteiger partial charge is 0.494 e. The predicted octanol–water partition coefficient (Wildman–Crippen LogP) is 4.55. The highest BCUT2D eigenvalue weighted by Crippen LogP contribution is 2.28. The third-order valence-corrected chi connectivity index (χ3v) is 3.95. The Morgan fingerprint density at radius 1 is 1.04 bits per heavy atom. The second-order valence-corrected chi connectivity index (χ2v) is 6.83. The summed E-state index contributed by atoms with van der Waals surface area (Å²) < 4.78 is 5.35. The Balaban J connectivity index is 2.15. The molecule has 2 rings (SSSR count). The minimum Gasteiger partial charge on any atom is -0.494 e. The van der Waals surface area contributed by atoms with Crippen LogP contribution in [0.3, 0.4) is 0 Å². The first kappa shape index (κ1) is 19.5. The average Bonchev–Trinajstić information content (AvgIpc) is 2.55. The molecular weight excluding hydrogens is 328 g/mol. The fourth-order valence-electron chi connectivity index (χ4n) is 2.71. The maximum Gasteiger partial charge on any atom is 0.255 e. The molecule has 26 heavy (non-hydrogen) atoms. The number of amides is 2. The Kier molecular flexibility index (Phi) is 6.39. The van der Waals surface area contributed by atoms with E-state index in [0.717, 1.165) is 11.1 Å². The van der Waals surface area contributed by atoms with Crippen molar-refractivity contribution in [1.82, 2.24) is 0 Å². The predicted molar refractivity (Wildman–Crippen MR) is 105 cm³/mol. The van der Waals surface area contributed by atoms with Crippen molar-refractivity contribution in [2.24, 2.45) is 5.92 Å². The van der Waals surface area contributed by atoms with Crippen molar-refractivity contribution in [2.45, 2.75) is 34.1 Å². The van der Waals surface area contributed by atoms with Crippen LogP contribution in [0.1, 0.15) is 41.8 Å². The van der Waals surface area contributed by atoms with Crippen LogP contribution in [-0.2, 0) is 4.79 Å². The second-order valence-electron chi connectivity index (χ2n) is 6.83. The number of anilines is 2. The molecule has 0 spiro atoms. The molecule has 0 aliphatic heterocycles. The van der Waals surface area contributed by atoms with Gasteiger partial charge in [-0.15, -0.1) is 0 Å². The molecule has 0 saturated carbocycles. The molecule has 0 radical (unpaired) electrons. The number of nitrogens with one attached hydrogen (secondary N) is 2. The smallest absolute Gasteiger partial charge is 0.255 e. The van der Waals surface area contributed by atoms with Crippen molar-refractivity contribution >= 4 is 23.2 Å². The first-order chi connectivity index (χ1) is 12.3. The van der Waals surface area contributed by atoms with Gasteiger partial charge in [0.1, 0.15) is 5.75 Å². The minimum absolute atomic E-state index is 0.0645. The number of hydrogen-bond acceptors (Lipinski definition) is 3. The molecule has 2 aromatic rings. The highest BCUT2D eigenvalue weighted by Gasteiger charge is 2.13. The molecule has 0 saturated heterocycles. The number of carbonyl (C=O) groups is 2.